The third-order valence-electron chi connectivity index (χ3n) is 3.40. The van der Waals surface area contributed by atoms with Crippen molar-refractivity contribution in [1.29, 1.82) is 0 Å². The molecule has 1 unspecified atom stereocenters. The van der Waals surface area contributed by atoms with E-state index in [2.05, 4.69) is 15.0 Å². The summed E-state index contributed by atoms with van der Waals surface area (Å²) in [6.07, 6.45) is -3.77. The van der Waals surface area contributed by atoms with Gasteiger partial charge in [-0.25, -0.2) is 9.98 Å². The Balaban J connectivity index is 1.85. The molecule has 0 spiro atoms. The van der Waals surface area contributed by atoms with Crippen molar-refractivity contribution in [1.82, 2.24) is 4.90 Å². The highest BCUT2D eigenvalue weighted by molar-refractivity contribution is 6.46. The summed E-state index contributed by atoms with van der Waals surface area (Å²) in [5.74, 6) is -3.00. The van der Waals surface area contributed by atoms with Crippen molar-refractivity contribution in [2.75, 3.05) is 13.3 Å². The first-order valence-corrected chi connectivity index (χ1v) is 5.93. The second kappa shape index (κ2) is 4.53. The van der Waals surface area contributed by atoms with Crippen LogP contribution in [0.3, 0.4) is 0 Å². The number of hydrogen-bond acceptors (Lipinski definition) is 9. The molecule has 0 radical (unpaired) electrons. The molecule has 4 N–H and O–H groups in total. The van der Waals surface area contributed by atoms with E-state index in [1.165, 1.54) is 4.90 Å². The molecule has 3 aliphatic rings. The fourth-order valence-electron chi connectivity index (χ4n) is 2.36. The average Bonchev–Trinajstić information content (AvgIpc) is 2.94. The van der Waals surface area contributed by atoms with Crippen LogP contribution in [0.15, 0.2) is 15.0 Å². The van der Waals surface area contributed by atoms with Gasteiger partial charge in [0.1, 0.15) is 31.3 Å². The molecule has 1 fully saturated rings. The van der Waals surface area contributed by atoms with Crippen LogP contribution in [0.5, 0.6) is 0 Å². The third-order valence-corrected chi connectivity index (χ3v) is 3.40. The summed E-state index contributed by atoms with van der Waals surface area (Å²) in [5, 5.41) is 38.1. The van der Waals surface area contributed by atoms with Gasteiger partial charge in [0.2, 0.25) is 0 Å². The minimum absolute atomic E-state index is 0.0279. The highest BCUT2D eigenvalue weighted by Crippen LogP contribution is 2.29. The molecule has 0 saturated carbocycles. The maximum absolute atomic E-state index is 13.7. The van der Waals surface area contributed by atoms with Crippen molar-refractivity contribution in [3.63, 3.8) is 0 Å². The van der Waals surface area contributed by atoms with Gasteiger partial charge in [-0.05, 0) is 0 Å². The summed E-state index contributed by atoms with van der Waals surface area (Å²) < 4.78 is 19.0. The quantitative estimate of drug-likeness (QED) is 0.406. The second-order valence-electron chi connectivity index (χ2n) is 4.63. The first kappa shape index (κ1) is 13.5. The monoisotopic (exact) mass is 288 g/mol. The van der Waals surface area contributed by atoms with E-state index in [0.717, 1.165) is 6.34 Å². The molecule has 5 atom stereocenters. The molecule has 20 heavy (non-hydrogen) atoms. The van der Waals surface area contributed by atoms with Crippen LogP contribution >= 0.6 is 0 Å². The topological polar surface area (TPSA) is 130 Å². The number of alkyl halides is 1. The van der Waals surface area contributed by atoms with Crippen LogP contribution in [0.1, 0.15) is 0 Å². The average molecular weight is 288 g/mol. The Hall–Kier alpha value is -1.46. The lowest BCUT2D eigenvalue weighted by atomic mass is 10.1. The molecule has 0 amide bonds. The zero-order chi connectivity index (χ0) is 14.5. The molecule has 10 heteroatoms. The fraction of sp³-hybridized carbons (Fsp3) is 0.700. The van der Waals surface area contributed by atoms with Crippen molar-refractivity contribution in [2.45, 2.75) is 30.5 Å². The number of amidine groups is 1. The van der Waals surface area contributed by atoms with Crippen LogP contribution < -0.4 is 0 Å². The van der Waals surface area contributed by atoms with Gasteiger partial charge in [-0.3, -0.25) is 4.99 Å². The SMILES string of the molecule is OC[C@H]1O[C@@H](N2CN=C3C2=NC=NC3(O)F)[C@H](O)[C@@H]1O. The lowest BCUT2D eigenvalue weighted by Crippen LogP contribution is -2.50. The minimum atomic E-state index is -2.97. The molecule has 0 aromatic rings. The predicted molar refractivity (Wildman–Crippen MR) is 63.9 cm³/mol. The lowest BCUT2D eigenvalue weighted by Gasteiger charge is -2.29. The number of hydrogen-bond donors (Lipinski definition) is 4. The molecule has 3 aliphatic heterocycles. The van der Waals surface area contributed by atoms with Gasteiger partial charge < -0.3 is 30.1 Å². The van der Waals surface area contributed by atoms with Gasteiger partial charge in [-0.1, -0.05) is 0 Å². The number of fused-ring (bicyclic) bond motifs is 1. The first-order chi connectivity index (χ1) is 9.45. The molecule has 3 rings (SSSR count). The molecule has 1 saturated heterocycles. The van der Waals surface area contributed by atoms with E-state index in [1.807, 2.05) is 0 Å². The van der Waals surface area contributed by atoms with Crippen LogP contribution in [0, 0.1) is 0 Å². The number of nitrogens with zero attached hydrogens (tertiary/aromatic N) is 4. The summed E-state index contributed by atoms with van der Waals surface area (Å²) in [7, 11) is 0. The Morgan fingerprint density at radius 3 is 2.85 bits per heavy atom. The van der Waals surface area contributed by atoms with E-state index in [9.17, 15) is 19.7 Å². The summed E-state index contributed by atoms with van der Waals surface area (Å²) in [4.78, 5) is 12.0. The smallest absolute Gasteiger partial charge is 0.354 e. The van der Waals surface area contributed by atoms with Gasteiger partial charge in [0.15, 0.2) is 17.8 Å². The van der Waals surface area contributed by atoms with E-state index in [0.29, 0.717) is 0 Å². The van der Waals surface area contributed by atoms with E-state index in [-0.39, 0.29) is 18.2 Å². The fourth-order valence-corrected chi connectivity index (χ4v) is 2.36. The standard InChI is InChI=1S/C10H13FN4O5/c11-10(19)7-8(12-2-14-10)15(3-13-7)9-6(18)5(17)4(1-16)20-9/h2,4-6,9,16-19H,1,3H2/t4-,5-,6-,9-,10?/m1/s1. The Labute approximate surface area is 112 Å². The van der Waals surface area contributed by atoms with E-state index >= 15 is 0 Å². The van der Waals surface area contributed by atoms with Crippen LogP contribution in [0.4, 0.5) is 4.39 Å². The maximum atomic E-state index is 13.7. The van der Waals surface area contributed by atoms with Crippen molar-refractivity contribution in [2.24, 2.45) is 15.0 Å². The van der Waals surface area contributed by atoms with Crippen molar-refractivity contribution in [3.8, 4) is 0 Å². The molecule has 0 bridgehead atoms. The van der Waals surface area contributed by atoms with Crippen LogP contribution in [-0.4, -0.2) is 87.0 Å². The molecular formula is C10H13FN4O5. The van der Waals surface area contributed by atoms with Gasteiger partial charge in [-0.15, -0.1) is 0 Å². The van der Waals surface area contributed by atoms with Crippen LogP contribution in [-0.2, 0) is 4.74 Å². The number of rotatable bonds is 2. The van der Waals surface area contributed by atoms with E-state index in [4.69, 9.17) is 9.84 Å². The summed E-state index contributed by atoms with van der Waals surface area (Å²) in [6.45, 7) is -0.590. The Morgan fingerprint density at radius 2 is 2.20 bits per heavy atom. The Morgan fingerprint density at radius 1 is 1.45 bits per heavy atom. The highest BCUT2D eigenvalue weighted by atomic mass is 19.2. The Kier molecular flexibility index (Phi) is 3.06. The predicted octanol–water partition coefficient (Wildman–Crippen LogP) is -2.80. The molecule has 110 valence electrons. The molecule has 3 heterocycles. The summed E-state index contributed by atoms with van der Waals surface area (Å²) in [6, 6.07) is 0. The first-order valence-electron chi connectivity index (χ1n) is 5.93. The minimum Gasteiger partial charge on any atom is -0.394 e. The third kappa shape index (κ3) is 1.84. The van der Waals surface area contributed by atoms with Crippen LogP contribution in [0.25, 0.3) is 0 Å². The van der Waals surface area contributed by atoms with Gasteiger partial charge in [0.05, 0.1) is 6.61 Å². The number of ether oxygens (including phenoxy) is 1. The summed E-state index contributed by atoms with van der Waals surface area (Å²) >= 11 is 0. The number of aliphatic hydroxyl groups is 4. The largest absolute Gasteiger partial charge is 0.394 e. The van der Waals surface area contributed by atoms with Crippen molar-refractivity contribution in [3.05, 3.63) is 0 Å². The Bertz CT molecular complexity index is 508. The molecule has 0 aromatic heterocycles. The normalized spacial score (nSPS) is 43.5. The maximum Gasteiger partial charge on any atom is 0.354 e. The van der Waals surface area contributed by atoms with Gasteiger partial charge in [0, 0.05) is 0 Å². The van der Waals surface area contributed by atoms with Crippen LogP contribution in [0.2, 0.25) is 0 Å². The van der Waals surface area contributed by atoms with Gasteiger partial charge in [-0.2, -0.15) is 4.39 Å². The molecule has 0 aromatic carbocycles. The zero-order valence-corrected chi connectivity index (χ0v) is 10.2. The molecule has 0 aliphatic carbocycles. The number of halogens is 1. The number of aliphatic imine (C=N–C) groups is 3. The van der Waals surface area contributed by atoms with E-state index < -0.39 is 37.1 Å². The second-order valence-corrected chi connectivity index (χ2v) is 4.63. The zero-order valence-electron chi connectivity index (χ0n) is 10.2. The number of aliphatic hydroxyl groups excluding tert-OH is 3. The van der Waals surface area contributed by atoms with Crippen molar-refractivity contribution < 1.29 is 29.6 Å². The highest BCUT2D eigenvalue weighted by Gasteiger charge is 2.51. The van der Waals surface area contributed by atoms with Crippen molar-refractivity contribution >= 4 is 17.9 Å². The van der Waals surface area contributed by atoms with E-state index in [1.54, 1.807) is 0 Å². The molecular weight excluding hydrogens is 275 g/mol. The summed E-state index contributed by atoms with van der Waals surface area (Å²) in [5.41, 5.74) is -0.377. The molecule has 9 nitrogen and oxygen atoms in total. The van der Waals surface area contributed by atoms with Gasteiger partial charge in [0.25, 0.3) is 0 Å². The lowest BCUT2D eigenvalue weighted by molar-refractivity contribution is -0.0690. The van der Waals surface area contributed by atoms with Gasteiger partial charge >= 0.3 is 5.98 Å².